The minimum atomic E-state index is -0.317. The fourth-order valence-electron chi connectivity index (χ4n) is 2.37. The summed E-state index contributed by atoms with van der Waals surface area (Å²) in [6.45, 7) is 1.00. The third-order valence-corrected chi connectivity index (χ3v) is 5.72. The average Bonchev–Trinajstić information content (AvgIpc) is 3.15. The molecule has 1 aromatic carbocycles. The Morgan fingerprint density at radius 1 is 1.36 bits per heavy atom. The van der Waals surface area contributed by atoms with Crippen molar-refractivity contribution in [3.63, 3.8) is 0 Å². The molecule has 1 aliphatic rings. The summed E-state index contributed by atoms with van der Waals surface area (Å²) >= 11 is 2.80. The van der Waals surface area contributed by atoms with Crippen molar-refractivity contribution >= 4 is 35.4 Å². The Morgan fingerprint density at radius 2 is 2.16 bits per heavy atom. The third-order valence-electron chi connectivity index (χ3n) is 3.65. The lowest BCUT2D eigenvalue weighted by Gasteiger charge is -2.30. The number of hydrogen-bond acceptors (Lipinski definition) is 8. The number of rotatable bonds is 5. The molecule has 0 spiro atoms. The molecular formula is C15H17N5O3S2. The summed E-state index contributed by atoms with van der Waals surface area (Å²) in [5.74, 6) is 0.606. The number of hydrogen-bond donors (Lipinski definition) is 0. The first kappa shape index (κ1) is 17.7. The number of esters is 1. The van der Waals surface area contributed by atoms with Gasteiger partial charge >= 0.3 is 5.97 Å². The molecule has 8 nitrogen and oxygen atoms in total. The van der Waals surface area contributed by atoms with Gasteiger partial charge in [-0.15, -0.1) is 16.9 Å². The van der Waals surface area contributed by atoms with Gasteiger partial charge in [0, 0.05) is 18.8 Å². The van der Waals surface area contributed by atoms with Crippen molar-refractivity contribution in [1.29, 1.82) is 0 Å². The molecule has 0 saturated carbocycles. The van der Waals surface area contributed by atoms with Gasteiger partial charge in [0.05, 0.1) is 18.6 Å². The van der Waals surface area contributed by atoms with Crippen LogP contribution in [0.3, 0.4) is 0 Å². The maximum atomic E-state index is 12.5. The summed E-state index contributed by atoms with van der Waals surface area (Å²) in [6.07, 6.45) is 0. The van der Waals surface area contributed by atoms with E-state index in [2.05, 4.69) is 15.5 Å². The zero-order valence-corrected chi connectivity index (χ0v) is 15.2. The van der Waals surface area contributed by atoms with Crippen LogP contribution in [0.5, 0.6) is 0 Å². The van der Waals surface area contributed by atoms with Crippen LogP contribution in [0.25, 0.3) is 5.69 Å². The zero-order chi connectivity index (χ0) is 17.6. The van der Waals surface area contributed by atoms with E-state index in [0.717, 1.165) is 11.4 Å². The van der Waals surface area contributed by atoms with Crippen molar-refractivity contribution < 1.29 is 14.3 Å². The molecule has 0 bridgehead atoms. The van der Waals surface area contributed by atoms with Gasteiger partial charge in [-0.25, -0.2) is 0 Å². The molecule has 1 amide bonds. The van der Waals surface area contributed by atoms with E-state index in [0.29, 0.717) is 18.2 Å². The van der Waals surface area contributed by atoms with Gasteiger partial charge in [-0.2, -0.15) is 4.68 Å². The Kier molecular flexibility index (Phi) is 5.92. The van der Waals surface area contributed by atoms with Crippen molar-refractivity contribution in [3.8, 4) is 5.69 Å². The monoisotopic (exact) mass is 379 g/mol. The highest BCUT2D eigenvalue weighted by Crippen LogP contribution is 2.22. The van der Waals surface area contributed by atoms with E-state index in [1.165, 1.54) is 30.6 Å². The highest BCUT2D eigenvalue weighted by Gasteiger charge is 2.29. The molecule has 1 aromatic heterocycles. The lowest BCUT2D eigenvalue weighted by Crippen LogP contribution is -2.45. The highest BCUT2D eigenvalue weighted by molar-refractivity contribution is 8.00. The van der Waals surface area contributed by atoms with Crippen LogP contribution < -0.4 is 0 Å². The van der Waals surface area contributed by atoms with E-state index >= 15 is 0 Å². The molecule has 0 unspecified atom stereocenters. The van der Waals surface area contributed by atoms with E-state index < -0.39 is 0 Å². The summed E-state index contributed by atoms with van der Waals surface area (Å²) < 4.78 is 6.37. The Bertz CT molecular complexity index is 740. The second kappa shape index (κ2) is 8.34. The number of carbonyl (C=O) groups excluding carboxylic acids is 2. The fraction of sp³-hybridized carbons (Fsp3) is 0.400. The van der Waals surface area contributed by atoms with E-state index in [4.69, 9.17) is 4.74 Å². The first-order chi connectivity index (χ1) is 12.2. The molecule has 1 atom stereocenters. The molecule has 132 valence electrons. The molecule has 10 heteroatoms. The molecule has 2 aromatic rings. The second-order valence-corrected chi connectivity index (χ2v) is 7.47. The number of amides is 1. The summed E-state index contributed by atoms with van der Waals surface area (Å²) in [5.41, 5.74) is 0.836. The standard InChI is InChI=1S/C15H17N5O3S2/c1-23-14(22)12-9-19(7-8-24-12)13(21)10-25-15-16-17-18-20(15)11-5-3-2-4-6-11/h2-6,12H,7-10H2,1H3/t12-/m0/s1. The molecule has 3 rings (SSSR count). The lowest BCUT2D eigenvalue weighted by atomic mass is 10.3. The predicted octanol–water partition coefficient (Wildman–Crippen LogP) is 0.871. The molecule has 2 heterocycles. The van der Waals surface area contributed by atoms with Crippen molar-refractivity contribution in [1.82, 2.24) is 25.1 Å². The number of para-hydroxylation sites is 1. The third kappa shape index (κ3) is 4.31. The largest absolute Gasteiger partial charge is 0.468 e. The molecule has 0 N–H and O–H groups in total. The van der Waals surface area contributed by atoms with Crippen LogP contribution in [0.2, 0.25) is 0 Å². The van der Waals surface area contributed by atoms with Crippen LogP contribution in [0.1, 0.15) is 0 Å². The second-order valence-electron chi connectivity index (χ2n) is 5.22. The smallest absolute Gasteiger partial charge is 0.320 e. The van der Waals surface area contributed by atoms with Crippen molar-refractivity contribution in [3.05, 3.63) is 30.3 Å². The van der Waals surface area contributed by atoms with Crippen LogP contribution in [0.15, 0.2) is 35.5 Å². The number of nitrogens with zero attached hydrogens (tertiary/aromatic N) is 5. The fourth-order valence-corrected chi connectivity index (χ4v) is 4.29. The maximum Gasteiger partial charge on any atom is 0.320 e. The number of benzene rings is 1. The van der Waals surface area contributed by atoms with Crippen LogP contribution in [-0.4, -0.2) is 73.9 Å². The highest BCUT2D eigenvalue weighted by atomic mass is 32.2. The number of tetrazole rings is 1. The molecule has 25 heavy (non-hydrogen) atoms. The number of carbonyl (C=O) groups is 2. The van der Waals surface area contributed by atoms with E-state index in [1.807, 2.05) is 30.3 Å². The van der Waals surface area contributed by atoms with Crippen LogP contribution in [0, 0.1) is 0 Å². The van der Waals surface area contributed by atoms with Gasteiger partial charge in [-0.05, 0) is 22.6 Å². The Labute approximate surface area is 153 Å². The first-order valence-corrected chi connectivity index (χ1v) is 9.66. The predicted molar refractivity (Wildman–Crippen MR) is 94.7 cm³/mol. The Morgan fingerprint density at radius 3 is 2.92 bits per heavy atom. The van der Waals surface area contributed by atoms with Gasteiger partial charge in [-0.1, -0.05) is 30.0 Å². The lowest BCUT2D eigenvalue weighted by molar-refractivity contribution is -0.141. The molecule has 0 radical (unpaired) electrons. The normalized spacial score (nSPS) is 17.3. The number of methoxy groups -OCH3 is 1. The number of ether oxygens (including phenoxy) is 1. The van der Waals surface area contributed by atoms with Crippen LogP contribution in [0.4, 0.5) is 0 Å². The summed E-state index contributed by atoms with van der Waals surface area (Å²) in [4.78, 5) is 25.8. The van der Waals surface area contributed by atoms with Gasteiger partial charge in [-0.3, -0.25) is 9.59 Å². The molecule has 1 aliphatic heterocycles. The van der Waals surface area contributed by atoms with Gasteiger partial charge in [0.1, 0.15) is 5.25 Å². The first-order valence-electron chi connectivity index (χ1n) is 7.63. The molecule has 1 saturated heterocycles. The Balaban J connectivity index is 1.60. The van der Waals surface area contributed by atoms with Gasteiger partial charge in [0.15, 0.2) is 0 Å². The van der Waals surface area contributed by atoms with Gasteiger partial charge in [0.25, 0.3) is 0 Å². The van der Waals surface area contributed by atoms with Crippen molar-refractivity contribution in [2.24, 2.45) is 0 Å². The maximum absolute atomic E-state index is 12.5. The zero-order valence-electron chi connectivity index (χ0n) is 13.6. The van der Waals surface area contributed by atoms with E-state index in [-0.39, 0.29) is 22.9 Å². The summed E-state index contributed by atoms with van der Waals surface area (Å²) in [5, 5.41) is 11.9. The summed E-state index contributed by atoms with van der Waals surface area (Å²) in [6, 6.07) is 9.50. The number of aromatic nitrogens is 4. The molecule has 0 aliphatic carbocycles. The van der Waals surface area contributed by atoms with E-state index in [9.17, 15) is 9.59 Å². The minimum Gasteiger partial charge on any atom is -0.468 e. The number of thioether (sulfide) groups is 2. The topological polar surface area (TPSA) is 90.2 Å². The van der Waals surface area contributed by atoms with E-state index in [1.54, 1.807) is 9.58 Å². The minimum absolute atomic E-state index is 0.0400. The van der Waals surface area contributed by atoms with Crippen LogP contribution >= 0.6 is 23.5 Å². The van der Waals surface area contributed by atoms with Crippen molar-refractivity contribution in [2.75, 3.05) is 31.7 Å². The average molecular weight is 379 g/mol. The van der Waals surface area contributed by atoms with Crippen molar-refractivity contribution in [2.45, 2.75) is 10.4 Å². The van der Waals surface area contributed by atoms with Gasteiger partial charge < -0.3 is 9.64 Å². The van der Waals surface area contributed by atoms with Gasteiger partial charge in [0.2, 0.25) is 11.1 Å². The molecular weight excluding hydrogens is 362 g/mol. The Hall–Kier alpha value is -2.07. The quantitative estimate of drug-likeness (QED) is 0.558. The SMILES string of the molecule is COC(=O)[C@@H]1CN(C(=O)CSc2nnnn2-c2ccccc2)CCS1. The summed E-state index contributed by atoms with van der Waals surface area (Å²) in [7, 11) is 1.36. The molecule has 1 fully saturated rings. The van der Waals surface area contributed by atoms with Crippen LogP contribution in [-0.2, 0) is 14.3 Å².